The van der Waals surface area contributed by atoms with Gasteiger partial charge in [0.15, 0.2) is 0 Å². The fourth-order valence-electron chi connectivity index (χ4n) is 1.33. The van der Waals surface area contributed by atoms with E-state index in [2.05, 4.69) is 30.6 Å². The van der Waals surface area contributed by atoms with Gasteiger partial charge in [0.05, 0.1) is 0 Å². The maximum absolute atomic E-state index is 9.35. The average Bonchev–Trinajstić information content (AvgIpc) is 2.16. The lowest BCUT2D eigenvalue weighted by Crippen LogP contribution is -2.33. The second-order valence-corrected chi connectivity index (χ2v) is 3.40. The highest BCUT2D eigenvalue weighted by molar-refractivity contribution is 4.88. The van der Waals surface area contributed by atoms with E-state index < -0.39 is 0 Å². The first-order valence-corrected chi connectivity index (χ1v) is 5.40. The highest BCUT2D eigenvalue weighted by Crippen LogP contribution is 2.00. The Balaban J connectivity index is 3.46. The summed E-state index contributed by atoms with van der Waals surface area (Å²) in [5.41, 5.74) is 0. The van der Waals surface area contributed by atoms with E-state index in [0.29, 0.717) is 0 Å². The van der Waals surface area contributed by atoms with Crippen molar-refractivity contribution in [2.24, 2.45) is 0 Å². The van der Waals surface area contributed by atoms with E-state index in [9.17, 15) is 5.11 Å². The number of hydrogen-bond acceptors (Lipinski definition) is 2. The summed E-state index contributed by atoms with van der Waals surface area (Å²) in [5.74, 6) is 0. The van der Waals surface area contributed by atoms with Crippen molar-refractivity contribution in [3.05, 3.63) is 24.8 Å². The third kappa shape index (κ3) is 6.87. The Morgan fingerprint density at radius 2 is 2.14 bits per heavy atom. The largest absolute Gasteiger partial charge is 0.379 e. The molecule has 0 fully saturated rings. The van der Waals surface area contributed by atoms with Gasteiger partial charge in [0, 0.05) is 6.54 Å². The van der Waals surface area contributed by atoms with Gasteiger partial charge >= 0.3 is 0 Å². The zero-order valence-corrected chi connectivity index (χ0v) is 9.45. The number of rotatable bonds is 8. The molecule has 0 aromatic heterocycles. The molecular weight excluding hydrogens is 174 g/mol. The summed E-state index contributed by atoms with van der Waals surface area (Å²) in [7, 11) is 0. The first-order valence-electron chi connectivity index (χ1n) is 5.40. The third-order valence-electron chi connectivity index (χ3n) is 2.22. The fraction of sp³-hybridized carbons (Fsp3) is 0.667. The van der Waals surface area contributed by atoms with E-state index in [0.717, 1.165) is 32.4 Å². The molecule has 0 saturated heterocycles. The summed E-state index contributed by atoms with van der Waals surface area (Å²) in [6.07, 6.45) is 9.02. The summed E-state index contributed by atoms with van der Waals surface area (Å²) in [6.45, 7) is 9.41. The minimum absolute atomic E-state index is 0.322. The van der Waals surface area contributed by atoms with Crippen LogP contribution in [0, 0.1) is 0 Å². The van der Waals surface area contributed by atoms with Crippen molar-refractivity contribution in [1.82, 2.24) is 4.90 Å². The van der Waals surface area contributed by atoms with Gasteiger partial charge in [-0.2, -0.15) is 0 Å². The Labute approximate surface area is 87.9 Å². The number of aliphatic hydroxyl groups excluding tert-OH is 1. The molecule has 0 aromatic rings. The van der Waals surface area contributed by atoms with Crippen LogP contribution in [0.1, 0.15) is 33.1 Å². The zero-order chi connectivity index (χ0) is 10.8. The standard InChI is InChI=1S/C12H23NO/c1-4-6-7-8-9-10-11-13(5-2)12(3)14/h4,7-8,12,14H,1,5-6,9-11H2,2-3H3. The van der Waals surface area contributed by atoms with E-state index in [1.54, 1.807) is 0 Å². The molecule has 0 amide bonds. The van der Waals surface area contributed by atoms with Gasteiger partial charge in [0.1, 0.15) is 6.23 Å². The molecule has 2 heteroatoms. The Morgan fingerprint density at radius 1 is 1.43 bits per heavy atom. The van der Waals surface area contributed by atoms with Crippen LogP contribution >= 0.6 is 0 Å². The van der Waals surface area contributed by atoms with Crippen LogP contribution in [0.4, 0.5) is 0 Å². The van der Waals surface area contributed by atoms with Gasteiger partial charge in [-0.3, -0.25) is 4.90 Å². The van der Waals surface area contributed by atoms with Crippen LogP contribution in [-0.2, 0) is 0 Å². The summed E-state index contributed by atoms with van der Waals surface area (Å²) in [5, 5.41) is 9.35. The van der Waals surface area contributed by atoms with E-state index in [-0.39, 0.29) is 6.23 Å². The first-order chi connectivity index (χ1) is 6.72. The molecule has 14 heavy (non-hydrogen) atoms. The molecule has 2 nitrogen and oxygen atoms in total. The van der Waals surface area contributed by atoms with E-state index in [4.69, 9.17) is 0 Å². The molecule has 0 heterocycles. The van der Waals surface area contributed by atoms with Gasteiger partial charge in [-0.1, -0.05) is 25.2 Å². The van der Waals surface area contributed by atoms with Crippen LogP contribution in [0.5, 0.6) is 0 Å². The predicted octanol–water partition coefficient (Wildman–Crippen LogP) is 2.56. The van der Waals surface area contributed by atoms with Crippen molar-refractivity contribution in [3.63, 3.8) is 0 Å². The molecule has 0 radical (unpaired) electrons. The monoisotopic (exact) mass is 197 g/mol. The van der Waals surface area contributed by atoms with Gasteiger partial charge in [0.25, 0.3) is 0 Å². The van der Waals surface area contributed by atoms with Gasteiger partial charge in [-0.25, -0.2) is 0 Å². The second-order valence-electron chi connectivity index (χ2n) is 3.40. The van der Waals surface area contributed by atoms with Crippen molar-refractivity contribution in [2.75, 3.05) is 13.1 Å². The summed E-state index contributed by atoms with van der Waals surface area (Å²) < 4.78 is 0. The summed E-state index contributed by atoms with van der Waals surface area (Å²) >= 11 is 0. The second kappa shape index (κ2) is 8.97. The van der Waals surface area contributed by atoms with Gasteiger partial charge in [0.2, 0.25) is 0 Å². The Morgan fingerprint density at radius 3 is 2.64 bits per heavy atom. The van der Waals surface area contributed by atoms with E-state index in [1.165, 1.54) is 0 Å². The minimum Gasteiger partial charge on any atom is -0.379 e. The van der Waals surface area contributed by atoms with Gasteiger partial charge < -0.3 is 5.11 Å². The molecular formula is C12H23NO. The molecule has 0 aliphatic rings. The van der Waals surface area contributed by atoms with Crippen molar-refractivity contribution in [1.29, 1.82) is 0 Å². The molecule has 0 saturated carbocycles. The minimum atomic E-state index is -0.322. The van der Waals surface area contributed by atoms with Gasteiger partial charge in [-0.05, 0) is 32.7 Å². The Hall–Kier alpha value is -0.600. The predicted molar refractivity (Wildman–Crippen MR) is 62.1 cm³/mol. The van der Waals surface area contributed by atoms with Gasteiger partial charge in [-0.15, -0.1) is 6.58 Å². The molecule has 82 valence electrons. The quantitative estimate of drug-likeness (QED) is 0.367. The number of hydrogen-bond donors (Lipinski definition) is 1. The van der Waals surface area contributed by atoms with Crippen molar-refractivity contribution < 1.29 is 5.11 Å². The smallest absolute Gasteiger partial charge is 0.104 e. The van der Waals surface area contributed by atoms with Crippen molar-refractivity contribution >= 4 is 0 Å². The van der Waals surface area contributed by atoms with Crippen LogP contribution in [0.15, 0.2) is 24.8 Å². The normalized spacial score (nSPS) is 13.7. The SMILES string of the molecule is C=CCC=CCCCN(CC)C(C)O. The highest BCUT2D eigenvalue weighted by Gasteiger charge is 2.05. The number of nitrogens with zero attached hydrogens (tertiary/aromatic N) is 1. The summed E-state index contributed by atoms with van der Waals surface area (Å²) in [4.78, 5) is 2.06. The molecule has 0 spiro atoms. The zero-order valence-electron chi connectivity index (χ0n) is 9.45. The fourth-order valence-corrected chi connectivity index (χ4v) is 1.33. The molecule has 0 aliphatic carbocycles. The van der Waals surface area contributed by atoms with Crippen molar-refractivity contribution in [2.45, 2.75) is 39.3 Å². The molecule has 1 N–H and O–H groups in total. The van der Waals surface area contributed by atoms with E-state index >= 15 is 0 Å². The lowest BCUT2D eigenvalue weighted by atomic mass is 10.2. The van der Waals surface area contributed by atoms with E-state index in [1.807, 2.05) is 13.0 Å². The lowest BCUT2D eigenvalue weighted by molar-refractivity contribution is 0.0220. The van der Waals surface area contributed by atoms with Crippen LogP contribution in [-0.4, -0.2) is 29.3 Å². The molecule has 0 aliphatic heterocycles. The number of allylic oxidation sites excluding steroid dienone is 3. The highest BCUT2D eigenvalue weighted by atomic mass is 16.3. The molecule has 0 rings (SSSR count). The number of aliphatic hydroxyl groups is 1. The Kier molecular flexibility index (Phi) is 8.59. The third-order valence-corrected chi connectivity index (χ3v) is 2.22. The summed E-state index contributed by atoms with van der Waals surface area (Å²) in [6, 6.07) is 0. The lowest BCUT2D eigenvalue weighted by Gasteiger charge is -2.22. The molecule has 1 unspecified atom stereocenters. The molecule has 0 aromatic carbocycles. The molecule has 0 bridgehead atoms. The molecule has 1 atom stereocenters. The topological polar surface area (TPSA) is 23.5 Å². The average molecular weight is 197 g/mol. The van der Waals surface area contributed by atoms with Crippen LogP contribution in [0.3, 0.4) is 0 Å². The first kappa shape index (κ1) is 13.4. The maximum Gasteiger partial charge on any atom is 0.104 e. The van der Waals surface area contributed by atoms with Crippen LogP contribution in [0.25, 0.3) is 0 Å². The maximum atomic E-state index is 9.35. The van der Waals surface area contributed by atoms with Crippen molar-refractivity contribution in [3.8, 4) is 0 Å². The van der Waals surface area contributed by atoms with Crippen LogP contribution < -0.4 is 0 Å². The Bertz CT molecular complexity index is 164. The van der Waals surface area contributed by atoms with Crippen LogP contribution in [0.2, 0.25) is 0 Å². The number of unbranched alkanes of at least 4 members (excludes halogenated alkanes) is 1.